The van der Waals surface area contributed by atoms with Crippen molar-refractivity contribution in [2.75, 3.05) is 0 Å². The molecule has 0 radical (unpaired) electrons. The van der Waals surface area contributed by atoms with Crippen LogP contribution in [-0.4, -0.2) is 0 Å². The van der Waals surface area contributed by atoms with Crippen molar-refractivity contribution in [3.8, 4) is 23.0 Å². The fourth-order valence-corrected chi connectivity index (χ4v) is 2.82. The second kappa shape index (κ2) is 6.51. The van der Waals surface area contributed by atoms with Gasteiger partial charge in [0.05, 0.1) is 0 Å². The lowest BCUT2D eigenvalue weighted by molar-refractivity contribution is 0.559. The van der Waals surface area contributed by atoms with Crippen LogP contribution >= 0.6 is 0 Å². The first kappa shape index (κ1) is 15.0. The van der Waals surface area contributed by atoms with E-state index in [1.807, 2.05) is 78.9 Å². The highest BCUT2D eigenvalue weighted by Crippen LogP contribution is 2.29. The summed E-state index contributed by atoms with van der Waals surface area (Å²) in [7, 11) is 0. The Balaban J connectivity index is 2.03. The average molecular weight is 322 g/mol. The first-order valence-corrected chi connectivity index (χ1v) is 8.01. The Morgan fingerprint density at radius 3 is 2.08 bits per heavy atom. The zero-order valence-corrected chi connectivity index (χ0v) is 13.4. The van der Waals surface area contributed by atoms with Gasteiger partial charge in [0.2, 0.25) is 0 Å². The van der Waals surface area contributed by atoms with Gasteiger partial charge in [-0.05, 0) is 23.8 Å². The van der Waals surface area contributed by atoms with E-state index in [0.717, 1.165) is 22.1 Å². The summed E-state index contributed by atoms with van der Waals surface area (Å²) < 4.78 is 5.49. The summed E-state index contributed by atoms with van der Waals surface area (Å²) in [5.41, 5.74) is 3.15. The molecular formula is C23H14O2. The third-order valence-corrected chi connectivity index (χ3v) is 3.98. The van der Waals surface area contributed by atoms with Crippen LogP contribution in [0.15, 0.2) is 94.1 Å². The van der Waals surface area contributed by atoms with Crippen molar-refractivity contribution < 1.29 is 4.42 Å². The summed E-state index contributed by atoms with van der Waals surface area (Å²) in [6, 6.07) is 27.0. The summed E-state index contributed by atoms with van der Waals surface area (Å²) in [5.74, 6) is 6.10. The predicted octanol–water partition coefficient (Wildman–Crippen LogP) is 4.86. The van der Waals surface area contributed by atoms with Gasteiger partial charge in [-0.3, -0.25) is 0 Å². The van der Waals surface area contributed by atoms with Gasteiger partial charge >= 0.3 is 5.63 Å². The number of fused-ring (bicyclic) bond motifs is 1. The maximum Gasteiger partial charge on any atom is 0.352 e. The summed E-state index contributed by atoms with van der Waals surface area (Å²) in [5, 5.41) is 0.880. The summed E-state index contributed by atoms with van der Waals surface area (Å²) >= 11 is 0. The highest BCUT2D eigenvalue weighted by molar-refractivity contribution is 5.96. The first-order chi connectivity index (χ1) is 12.3. The van der Waals surface area contributed by atoms with E-state index >= 15 is 0 Å². The lowest BCUT2D eigenvalue weighted by atomic mass is 9.97. The maximum atomic E-state index is 12.6. The van der Waals surface area contributed by atoms with Crippen LogP contribution in [0.5, 0.6) is 0 Å². The van der Waals surface area contributed by atoms with E-state index in [4.69, 9.17) is 4.42 Å². The Morgan fingerprint density at radius 2 is 1.32 bits per heavy atom. The molecular weight excluding hydrogens is 308 g/mol. The smallest absolute Gasteiger partial charge is 0.352 e. The molecule has 0 saturated heterocycles. The lowest BCUT2D eigenvalue weighted by Gasteiger charge is -2.08. The predicted molar refractivity (Wildman–Crippen MR) is 100 cm³/mol. The van der Waals surface area contributed by atoms with E-state index in [1.165, 1.54) is 0 Å². The van der Waals surface area contributed by atoms with Gasteiger partial charge in [-0.25, -0.2) is 4.79 Å². The molecule has 1 heterocycles. The highest BCUT2D eigenvalue weighted by atomic mass is 16.4. The van der Waals surface area contributed by atoms with Crippen molar-refractivity contribution in [2.24, 2.45) is 0 Å². The minimum absolute atomic E-state index is 0.383. The minimum Gasteiger partial charge on any atom is -0.422 e. The molecule has 4 rings (SSSR count). The van der Waals surface area contributed by atoms with Gasteiger partial charge in [0.25, 0.3) is 0 Å². The Morgan fingerprint density at radius 1 is 0.680 bits per heavy atom. The van der Waals surface area contributed by atoms with Crippen LogP contribution in [0.1, 0.15) is 11.1 Å². The number of para-hydroxylation sites is 1. The number of hydrogen-bond acceptors (Lipinski definition) is 2. The average Bonchev–Trinajstić information content (AvgIpc) is 2.67. The second-order valence-corrected chi connectivity index (χ2v) is 5.62. The van der Waals surface area contributed by atoms with Crippen LogP contribution in [0.3, 0.4) is 0 Å². The van der Waals surface area contributed by atoms with Crippen molar-refractivity contribution in [1.29, 1.82) is 0 Å². The molecule has 0 aliphatic rings. The molecule has 2 nitrogen and oxygen atoms in total. The molecule has 0 saturated carbocycles. The Labute approximate surface area is 145 Å². The summed E-state index contributed by atoms with van der Waals surface area (Å²) in [6.07, 6.45) is 0. The molecule has 0 unspecified atom stereocenters. The van der Waals surface area contributed by atoms with Crippen LogP contribution < -0.4 is 5.63 Å². The minimum atomic E-state index is -0.416. The molecule has 0 N–H and O–H groups in total. The molecule has 2 heteroatoms. The van der Waals surface area contributed by atoms with Gasteiger partial charge in [-0.2, -0.15) is 0 Å². The molecule has 118 valence electrons. The third kappa shape index (κ3) is 2.96. The lowest BCUT2D eigenvalue weighted by Crippen LogP contribution is -2.07. The number of hydrogen-bond donors (Lipinski definition) is 0. The topological polar surface area (TPSA) is 30.2 Å². The molecule has 4 aromatic rings. The molecule has 3 aromatic carbocycles. The fraction of sp³-hybridized carbons (Fsp3) is 0. The molecule has 0 bridgehead atoms. The largest absolute Gasteiger partial charge is 0.422 e. The van der Waals surface area contributed by atoms with E-state index in [-0.39, 0.29) is 0 Å². The van der Waals surface area contributed by atoms with Crippen molar-refractivity contribution in [3.05, 3.63) is 106 Å². The molecule has 25 heavy (non-hydrogen) atoms. The van der Waals surface area contributed by atoms with Gasteiger partial charge < -0.3 is 4.42 Å². The normalized spacial score (nSPS) is 10.2. The van der Waals surface area contributed by atoms with Crippen molar-refractivity contribution >= 4 is 11.0 Å². The van der Waals surface area contributed by atoms with Crippen LogP contribution in [0.2, 0.25) is 0 Å². The maximum absolute atomic E-state index is 12.6. The number of rotatable bonds is 1. The molecule has 0 atom stereocenters. The van der Waals surface area contributed by atoms with E-state index in [2.05, 4.69) is 11.8 Å². The van der Waals surface area contributed by atoms with Gasteiger partial charge in [0.15, 0.2) is 0 Å². The number of benzene rings is 3. The quantitative estimate of drug-likeness (QED) is 0.370. The molecule has 1 aromatic heterocycles. The second-order valence-electron chi connectivity index (χ2n) is 5.62. The standard InChI is InChI=1S/C23H14O2/c24-23-20(16-15-17-9-3-1-4-10-17)22(18-11-5-2-6-12-18)19-13-7-8-14-21(19)25-23/h1-14H. The van der Waals surface area contributed by atoms with Gasteiger partial charge in [-0.1, -0.05) is 78.6 Å². The Hall–Kier alpha value is -3.57. The molecule has 0 aliphatic heterocycles. The van der Waals surface area contributed by atoms with E-state index in [9.17, 15) is 4.79 Å². The zero-order chi connectivity index (χ0) is 17.1. The fourth-order valence-electron chi connectivity index (χ4n) is 2.82. The zero-order valence-electron chi connectivity index (χ0n) is 13.4. The molecule has 0 spiro atoms. The van der Waals surface area contributed by atoms with Gasteiger partial charge in [0.1, 0.15) is 11.1 Å². The molecule has 0 fully saturated rings. The van der Waals surface area contributed by atoms with Crippen LogP contribution in [0.4, 0.5) is 0 Å². The van der Waals surface area contributed by atoms with Gasteiger partial charge in [-0.15, -0.1) is 0 Å². The van der Waals surface area contributed by atoms with E-state index in [1.54, 1.807) is 6.07 Å². The van der Waals surface area contributed by atoms with Crippen molar-refractivity contribution in [2.45, 2.75) is 0 Å². The summed E-state index contributed by atoms with van der Waals surface area (Å²) in [4.78, 5) is 12.6. The molecule has 0 aliphatic carbocycles. The van der Waals surface area contributed by atoms with Crippen molar-refractivity contribution in [1.82, 2.24) is 0 Å². The van der Waals surface area contributed by atoms with E-state index < -0.39 is 5.63 Å². The van der Waals surface area contributed by atoms with Crippen LogP contribution in [-0.2, 0) is 0 Å². The Bertz CT molecular complexity index is 1140. The highest BCUT2D eigenvalue weighted by Gasteiger charge is 2.14. The summed E-state index contributed by atoms with van der Waals surface area (Å²) in [6.45, 7) is 0. The molecule has 0 amide bonds. The van der Waals surface area contributed by atoms with Crippen molar-refractivity contribution in [3.63, 3.8) is 0 Å². The van der Waals surface area contributed by atoms with Crippen LogP contribution in [0, 0.1) is 11.8 Å². The SMILES string of the molecule is O=c1oc2ccccc2c(-c2ccccc2)c1C#Cc1ccccc1. The monoisotopic (exact) mass is 322 g/mol. The Kier molecular flexibility index (Phi) is 3.90. The van der Waals surface area contributed by atoms with E-state index in [0.29, 0.717) is 11.1 Å². The third-order valence-electron chi connectivity index (χ3n) is 3.98. The van der Waals surface area contributed by atoms with Crippen LogP contribution in [0.25, 0.3) is 22.1 Å². The first-order valence-electron chi connectivity index (χ1n) is 8.01. The van der Waals surface area contributed by atoms with Gasteiger partial charge in [0, 0.05) is 16.5 Å².